The molecule has 3 heteroatoms. The SMILES string of the molecule is CCOc1cc(F)cc(C(=O)c2ccccc2)c1. The zero-order valence-electron chi connectivity index (χ0n) is 10.0. The van der Waals surface area contributed by atoms with E-state index in [1.807, 2.05) is 13.0 Å². The molecule has 0 atom stereocenters. The van der Waals surface area contributed by atoms with Crippen LogP contribution < -0.4 is 4.74 Å². The minimum absolute atomic E-state index is 0.212. The van der Waals surface area contributed by atoms with E-state index in [0.717, 1.165) is 0 Å². The third-order valence-electron chi connectivity index (χ3n) is 2.48. The first-order valence-corrected chi connectivity index (χ1v) is 5.74. The van der Waals surface area contributed by atoms with E-state index in [4.69, 9.17) is 4.74 Å². The molecule has 0 unspecified atom stereocenters. The molecule has 0 bridgehead atoms. The summed E-state index contributed by atoms with van der Waals surface area (Å²) in [5, 5.41) is 0. The maximum absolute atomic E-state index is 13.4. The Balaban J connectivity index is 2.36. The van der Waals surface area contributed by atoms with Gasteiger partial charge in [0.25, 0.3) is 0 Å². The summed E-state index contributed by atoms with van der Waals surface area (Å²) in [5.74, 6) is -0.312. The summed E-state index contributed by atoms with van der Waals surface area (Å²) in [4.78, 5) is 12.1. The summed E-state index contributed by atoms with van der Waals surface area (Å²) in [5.41, 5.74) is 0.829. The predicted molar refractivity (Wildman–Crippen MR) is 67.4 cm³/mol. The highest BCUT2D eigenvalue weighted by Crippen LogP contribution is 2.19. The van der Waals surface area contributed by atoms with Crippen LogP contribution in [0.5, 0.6) is 5.75 Å². The van der Waals surface area contributed by atoms with Crippen LogP contribution in [0.3, 0.4) is 0 Å². The van der Waals surface area contributed by atoms with Gasteiger partial charge in [-0.15, -0.1) is 0 Å². The van der Waals surface area contributed by atoms with Crippen molar-refractivity contribution in [1.82, 2.24) is 0 Å². The number of carbonyl (C=O) groups is 1. The Hall–Kier alpha value is -2.16. The smallest absolute Gasteiger partial charge is 0.193 e. The summed E-state index contributed by atoms with van der Waals surface area (Å²) in [6, 6.07) is 12.8. The summed E-state index contributed by atoms with van der Waals surface area (Å²) in [6.45, 7) is 2.24. The number of carbonyl (C=O) groups excluding carboxylic acids is 1. The Labute approximate surface area is 105 Å². The first-order valence-electron chi connectivity index (χ1n) is 5.74. The molecule has 2 aromatic rings. The van der Waals surface area contributed by atoms with Gasteiger partial charge in [-0.2, -0.15) is 0 Å². The Kier molecular flexibility index (Phi) is 3.72. The molecular formula is C15H13FO2. The van der Waals surface area contributed by atoms with Gasteiger partial charge in [-0.1, -0.05) is 30.3 Å². The van der Waals surface area contributed by atoms with Crippen LogP contribution in [-0.2, 0) is 0 Å². The van der Waals surface area contributed by atoms with E-state index >= 15 is 0 Å². The summed E-state index contributed by atoms with van der Waals surface area (Å²) >= 11 is 0. The van der Waals surface area contributed by atoms with Gasteiger partial charge >= 0.3 is 0 Å². The fraction of sp³-hybridized carbons (Fsp3) is 0.133. The van der Waals surface area contributed by atoms with Crippen molar-refractivity contribution in [3.05, 3.63) is 65.5 Å². The molecule has 0 aliphatic carbocycles. The Morgan fingerprint density at radius 3 is 2.50 bits per heavy atom. The molecule has 0 aliphatic rings. The average Bonchev–Trinajstić information content (AvgIpc) is 2.38. The van der Waals surface area contributed by atoms with Gasteiger partial charge in [0.15, 0.2) is 5.78 Å². The molecular weight excluding hydrogens is 231 g/mol. The quantitative estimate of drug-likeness (QED) is 0.770. The number of benzene rings is 2. The van der Waals surface area contributed by atoms with Crippen LogP contribution in [-0.4, -0.2) is 12.4 Å². The lowest BCUT2D eigenvalue weighted by Crippen LogP contribution is -2.03. The molecule has 2 aromatic carbocycles. The van der Waals surface area contributed by atoms with E-state index in [9.17, 15) is 9.18 Å². The lowest BCUT2D eigenvalue weighted by molar-refractivity contribution is 0.103. The molecule has 0 spiro atoms. The fourth-order valence-corrected chi connectivity index (χ4v) is 1.70. The highest BCUT2D eigenvalue weighted by atomic mass is 19.1. The standard InChI is InChI=1S/C15H13FO2/c1-2-18-14-9-12(8-13(16)10-14)15(17)11-6-4-3-5-7-11/h3-10H,2H2,1H3. The van der Waals surface area contributed by atoms with E-state index in [0.29, 0.717) is 23.5 Å². The maximum Gasteiger partial charge on any atom is 0.193 e. The Bertz CT molecular complexity index is 550. The van der Waals surface area contributed by atoms with Crippen molar-refractivity contribution in [3.63, 3.8) is 0 Å². The fourth-order valence-electron chi connectivity index (χ4n) is 1.70. The second kappa shape index (κ2) is 5.45. The highest BCUT2D eigenvalue weighted by molar-refractivity contribution is 6.09. The molecule has 0 radical (unpaired) electrons. The lowest BCUT2D eigenvalue weighted by Gasteiger charge is -2.06. The van der Waals surface area contributed by atoms with Gasteiger partial charge in [-0.3, -0.25) is 4.79 Å². The number of hydrogen-bond acceptors (Lipinski definition) is 2. The van der Waals surface area contributed by atoms with E-state index in [-0.39, 0.29) is 5.78 Å². The van der Waals surface area contributed by atoms with Crippen LogP contribution in [0.1, 0.15) is 22.8 Å². The van der Waals surface area contributed by atoms with Gasteiger partial charge in [-0.05, 0) is 19.1 Å². The molecule has 2 nitrogen and oxygen atoms in total. The molecule has 0 aromatic heterocycles. The van der Waals surface area contributed by atoms with Gasteiger partial charge < -0.3 is 4.74 Å². The lowest BCUT2D eigenvalue weighted by atomic mass is 10.0. The van der Waals surface area contributed by atoms with Crippen molar-refractivity contribution in [2.24, 2.45) is 0 Å². The molecule has 0 aliphatic heterocycles. The molecule has 2 rings (SSSR count). The van der Waals surface area contributed by atoms with Crippen LogP contribution >= 0.6 is 0 Å². The van der Waals surface area contributed by atoms with Gasteiger partial charge in [0.2, 0.25) is 0 Å². The van der Waals surface area contributed by atoms with Crippen LogP contribution in [0.4, 0.5) is 4.39 Å². The van der Waals surface area contributed by atoms with Crippen molar-refractivity contribution in [2.75, 3.05) is 6.61 Å². The third-order valence-corrected chi connectivity index (χ3v) is 2.48. The van der Waals surface area contributed by atoms with Crippen molar-refractivity contribution in [1.29, 1.82) is 0 Å². The van der Waals surface area contributed by atoms with E-state index in [2.05, 4.69) is 0 Å². The number of ketones is 1. The van der Waals surface area contributed by atoms with Crippen molar-refractivity contribution in [2.45, 2.75) is 6.92 Å². The van der Waals surface area contributed by atoms with E-state index in [1.165, 1.54) is 12.1 Å². The second-order valence-electron chi connectivity index (χ2n) is 3.80. The van der Waals surface area contributed by atoms with Crippen LogP contribution in [0.2, 0.25) is 0 Å². The monoisotopic (exact) mass is 244 g/mol. The molecule has 18 heavy (non-hydrogen) atoms. The highest BCUT2D eigenvalue weighted by Gasteiger charge is 2.11. The van der Waals surface area contributed by atoms with E-state index in [1.54, 1.807) is 30.3 Å². The van der Waals surface area contributed by atoms with Gasteiger partial charge in [-0.25, -0.2) is 4.39 Å². The zero-order chi connectivity index (χ0) is 13.0. The minimum atomic E-state index is -0.472. The molecule has 0 amide bonds. The second-order valence-corrected chi connectivity index (χ2v) is 3.80. The molecule has 0 N–H and O–H groups in total. The largest absolute Gasteiger partial charge is 0.494 e. The third kappa shape index (κ3) is 2.74. The van der Waals surface area contributed by atoms with Crippen molar-refractivity contribution >= 4 is 5.78 Å². The minimum Gasteiger partial charge on any atom is -0.494 e. The van der Waals surface area contributed by atoms with Crippen LogP contribution in [0.25, 0.3) is 0 Å². The summed E-state index contributed by atoms with van der Waals surface area (Å²) < 4.78 is 18.6. The van der Waals surface area contributed by atoms with E-state index < -0.39 is 5.82 Å². The average molecular weight is 244 g/mol. The molecule has 92 valence electrons. The number of hydrogen-bond donors (Lipinski definition) is 0. The first kappa shape index (κ1) is 12.3. The van der Waals surface area contributed by atoms with Crippen LogP contribution in [0, 0.1) is 5.82 Å². The Morgan fingerprint density at radius 1 is 1.11 bits per heavy atom. The summed E-state index contributed by atoms with van der Waals surface area (Å²) in [7, 11) is 0. The van der Waals surface area contributed by atoms with Crippen LogP contribution in [0.15, 0.2) is 48.5 Å². The summed E-state index contributed by atoms with van der Waals surface area (Å²) in [6.07, 6.45) is 0. The molecule has 0 saturated heterocycles. The molecule has 0 fully saturated rings. The zero-order valence-corrected chi connectivity index (χ0v) is 10.0. The normalized spacial score (nSPS) is 10.1. The van der Waals surface area contributed by atoms with Gasteiger partial charge in [0, 0.05) is 17.2 Å². The number of rotatable bonds is 4. The number of halogens is 1. The number of ether oxygens (including phenoxy) is 1. The maximum atomic E-state index is 13.4. The predicted octanol–water partition coefficient (Wildman–Crippen LogP) is 3.46. The topological polar surface area (TPSA) is 26.3 Å². The molecule has 0 heterocycles. The van der Waals surface area contributed by atoms with Gasteiger partial charge in [0.05, 0.1) is 6.61 Å². The molecule has 0 saturated carbocycles. The van der Waals surface area contributed by atoms with Crippen molar-refractivity contribution < 1.29 is 13.9 Å². The van der Waals surface area contributed by atoms with Crippen molar-refractivity contribution in [3.8, 4) is 5.75 Å². The first-order chi connectivity index (χ1) is 8.70. The van der Waals surface area contributed by atoms with Gasteiger partial charge in [0.1, 0.15) is 11.6 Å². The Morgan fingerprint density at radius 2 is 1.83 bits per heavy atom.